The van der Waals surface area contributed by atoms with Gasteiger partial charge in [-0.3, -0.25) is 4.79 Å². The van der Waals surface area contributed by atoms with Gasteiger partial charge < -0.3 is 16.0 Å². The lowest BCUT2D eigenvalue weighted by molar-refractivity contribution is -0.123. The van der Waals surface area contributed by atoms with E-state index in [-0.39, 0.29) is 11.8 Å². The van der Waals surface area contributed by atoms with Crippen molar-refractivity contribution in [2.24, 2.45) is 17.6 Å². The summed E-state index contributed by atoms with van der Waals surface area (Å²) < 4.78 is 0. The number of likely N-dealkylation sites (tertiary alicyclic amines) is 1. The van der Waals surface area contributed by atoms with Crippen LogP contribution in [0.15, 0.2) is 0 Å². The Morgan fingerprint density at radius 2 is 2.00 bits per heavy atom. The molecule has 0 aromatic heterocycles. The molecule has 2 aliphatic heterocycles. The van der Waals surface area contributed by atoms with Gasteiger partial charge in [0.25, 0.3) is 0 Å². The van der Waals surface area contributed by atoms with E-state index in [4.69, 9.17) is 5.73 Å². The zero-order valence-electron chi connectivity index (χ0n) is 9.41. The second-order valence-electron chi connectivity index (χ2n) is 4.87. The lowest BCUT2D eigenvalue weighted by atomic mass is 9.90. The molecule has 0 aromatic carbocycles. The lowest BCUT2D eigenvalue weighted by Gasteiger charge is -2.42. The lowest BCUT2D eigenvalue weighted by Crippen LogP contribution is -2.55. The van der Waals surface area contributed by atoms with E-state index in [1.165, 1.54) is 0 Å². The molecule has 86 valence electrons. The summed E-state index contributed by atoms with van der Waals surface area (Å²) in [4.78, 5) is 13.5. The smallest absolute Gasteiger partial charge is 0.220 e. The van der Waals surface area contributed by atoms with Crippen LogP contribution in [0.5, 0.6) is 0 Å². The maximum Gasteiger partial charge on any atom is 0.220 e. The number of primary amides is 1. The summed E-state index contributed by atoms with van der Waals surface area (Å²) >= 11 is 0. The average Bonchev–Trinajstić information content (AvgIpc) is 2.15. The van der Waals surface area contributed by atoms with Gasteiger partial charge >= 0.3 is 0 Å². The second kappa shape index (κ2) is 4.49. The number of hydrogen-bond acceptors (Lipinski definition) is 3. The number of nitrogens with two attached hydrogens (primary N) is 1. The average molecular weight is 211 g/mol. The van der Waals surface area contributed by atoms with E-state index in [0.29, 0.717) is 6.04 Å². The van der Waals surface area contributed by atoms with Crippen molar-refractivity contribution in [2.45, 2.75) is 25.8 Å². The van der Waals surface area contributed by atoms with Gasteiger partial charge in [0.15, 0.2) is 0 Å². The number of piperidine rings is 1. The largest absolute Gasteiger partial charge is 0.369 e. The fraction of sp³-hybridized carbons (Fsp3) is 0.909. The van der Waals surface area contributed by atoms with E-state index in [0.717, 1.165) is 44.9 Å². The Labute approximate surface area is 91.2 Å². The molecule has 2 rings (SSSR count). The quantitative estimate of drug-likeness (QED) is 0.679. The van der Waals surface area contributed by atoms with Crippen LogP contribution in [0.3, 0.4) is 0 Å². The van der Waals surface area contributed by atoms with Crippen molar-refractivity contribution in [1.82, 2.24) is 10.2 Å². The highest BCUT2D eigenvalue weighted by Crippen LogP contribution is 2.22. The molecule has 2 fully saturated rings. The molecule has 0 aromatic rings. The number of rotatable bonds is 3. The Morgan fingerprint density at radius 1 is 1.40 bits per heavy atom. The van der Waals surface area contributed by atoms with Crippen LogP contribution < -0.4 is 11.1 Å². The Balaban J connectivity index is 1.79. The van der Waals surface area contributed by atoms with Gasteiger partial charge in [0.2, 0.25) is 5.91 Å². The van der Waals surface area contributed by atoms with Crippen molar-refractivity contribution in [1.29, 1.82) is 0 Å². The third-order valence-corrected chi connectivity index (χ3v) is 4.00. The summed E-state index contributed by atoms with van der Waals surface area (Å²) in [7, 11) is 0. The molecule has 0 bridgehead atoms. The van der Waals surface area contributed by atoms with Gasteiger partial charge in [-0.1, -0.05) is 0 Å². The highest BCUT2D eigenvalue weighted by Gasteiger charge is 2.31. The number of amides is 1. The third-order valence-electron chi connectivity index (χ3n) is 4.00. The van der Waals surface area contributed by atoms with Crippen LogP contribution in [0.4, 0.5) is 0 Å². The van der Waals surface area contributed by atoms with Crippen LogP contribution in [0.1, 0.15) is 19.8 Å². The Kier molecular flexibility index (Phi) is 3.26. The van der Waals surface area contributed by atoms with Crippen molar-refractivity contribution in [2.75, 3.05) is 26.2 Å². The number of hydrogen-bond donors (Lipinski definition) is 2. The predicted molar refractivity (Wildman–Crippen MR) is 59.3 cm³/mol. The van der Waals surface area contributed by atoms with E-state index >= 15 is 0 Å². The number of carbonyl (C=O) groups excluding carboxylic acids is 1. The van der Waals surface area contributed by atoms with Gasteiger partial charge in [-0.15, -0.1) is 0 Å². The van der Waals surface area contributed by atoms with Gasteiger partial charge in [-0.2, -0.15) is 0 Å². The Morgan fingerprint density at radius 3 is 2.40 bits per heavy atom. The fourth-order valence-corrected chi connectivity index (χ4v) is 2.54. The molecular weight excluding hydrogens is 190 g/mol. The van der Waals surface area contributed by atoms with Gasteiger partial charge in [0.1, 0.15) is 0 Å². The van der Waals surface area contributed by atoms with Crippen LogP contribution in [-0.4, -0.2) is 43.0 Å². The normalized spacial score (nSPS) is 27.3. The van der Waals surface area contributed by atoms with E-state index in [1.54, 1.807) is 0 Å². The first-order valence-corrected chi connectivity index (χ1v) is 5.92. The molecule has 1 atom stereocenters. The van der Waals surface area contributed by atoms with E-state index in [1.807, 2.05) is 0 Å². The van der Waals surface area contributed by atoms with Gasteiger partial charge in [-0.25, -0.2) is 0 Å². The number of carbonyl (C=O) groups is 1. The van der Waals surface area contributed by atoms with Crippen LogP contribution in [0.2, 0.25) is 0 Å². The van der Waals surface area contributed by atoms with Crippen molar-refractivity contribution in [3.63, 3.8) is 0 Å². The summed E-state index contributed by atoms with van der Waals surface area (Å²) in [6.07, 6.45) is 1.89. The standard InChI is InChI=1S/C11H21N3O/c1-8(10-6-13-7-10)14-4-2-9(3-5-14)11(12)15/h8-10,13H,2-7H2,1H3,(H2,12,15). The SMILES string of the molecule is CC(C1CNC1)N1CCC(C(N)=O)CC1. The monoisotopic (exact) mass is 211 g/mol. The molecule has 0 aliphatic carbocycles. The van der Waals surface area contributed by atoms with E-state index in [9.17, 15) is 4.79 Å². The molecule has 0 radical (unpaired) electrons. The minimum atomic E-state index is -0.118. The van der Waals surface area contributed by atoms with Crippen LogP contribution in [0, 0.1) is 11.8 Å². The van der Waals surface area contributed by atoms with Crippen molar-refractivity contribution in [3.8, 4) is 0 Å². The van der Waals surface area contributed by atoms with Crippen molar-refractivity contribution in [3.05, 3.63) is 0 Å². The minimum absolute atomic E-state index is 0.118. The topological polar surface area (TPSA) is 58.4 Å². The van der Waals surface area contributed by atoms with Gasteiger partial charge in [0, 0.05) is 25.0 Å². The molecule has 0 spiro atoms. The summed E-state index contributed by atoms with van der Waals surface area (Å²) in [5, 5.41) is 3.31. The molecule has 3 N–H and O–H groups in total. The molecule has 2 heterocycles. The molecule has 1 amide bonds. The van der Waals surface area contributed by atoms with Gasteiger partial charge in [-0.05, 0) is 38.8 Å². The van der Waals surface area contributed by atoms with Crippen molar-refractivity contribution >= 4 is 5.91 Å². The van der Waals surface area contributed by atoms with Gasteiger partial charge in [0.05, 0.1) is 0 Å². The predicted octanol–water partition coefficient (Wildman–Crippen LogP) is -0.208. The Hall–Kier alpha value is -0.610. The number of nitrogens with one attached hydrogen (secondary N) is 1. The van der Waals surface area contributed by atoms with Crippen LogP contribution in [-0.2, 0) is 4.79 Å². The molecule has 0 saturated carbocycles. The summed E-state index contributed by atoms with van der Waals surface area (Å²) in [6, 6.07) is 0.653. The van der Waals surface area contributed by atoms with Crippen LogP contribution in [0.25, 0.3) is 0 Å². The molecule has 4 heteroatoms. The molecule has 1 unspecified atom stereocenters. The van der Waals surface area contributed by atoms with E-state index < -0.39 is 0 Å². The number of nitrogens with zero attached hydrogens (tertiary/aromatic N) is 1. The zero-order valence-corrected chi connectivity index (χ0v) is 9.41. The van der Waals surface area contributed by atoms with Crippen LogP contribution >= 0.6 is 0 Å². The molecule has 2 saturated heterocycles. The highest BCUT2D eigenvalue weighted by molar-refractivity contribution is 5.76. The summed E-state index contributed by atoms with van der Waals surface area (Å²) in [6.45, 7) is 6.67. The molecule has 15 heavy (non-hydrogen) atoms. The zero-order chi connectivity index (χ0) is 10.8. The minimum Gasteiger partial charge on any atom is -0.369 e. The first-order valence-electron chi connectivity index (χ1n) is 5.92. The first-order chi connectivity index (χ1) is 7.18. The summed E-state index contributed by atoms with van der Waals surface area (Å²) in [5.74, 6) is 0.802. The molecule has 2 aliphatic rings. The molecule has 4 nitrogen and oxygen atoms in total. The second-order valence-corrected chi connectivity index (χ2v) is 4.87. The summed E-state index contributed by atoms with van der Waals surface area (Å²) in [5.41, 5.74) is 5.32. The van der Waals surface area contributed by atoms with E-state index in [2.05, 4.69) is 17.1 Å². The van der Waals surface area contributed by atoms with Crippen molar-refractivity contribution < 1.29 is 4.79 Å². The third kappa shape index (κ3) is 2.32. The first kappa shape index (κ1) is 10.9. The highest BCUT2D eigenvalue weighted by atomic mass is 16.1. The maximum atomic E-state index is 11.0. The maximum absolute atomic E-state index is 11.0. The fourth-order valence-electron chi connectivity index (χ4n) is 2.54. The molecular formula is C11H21N3O. The Bertz CT molecular complexity index is 232.